The third kappa shape index (κ3) is 5.11. The first-order valence-corrected chi connectivity index (χ1v) is 11.6. The Bertz CT molecular complexity index is 1120. The molecule has 0 spiro atoms. The molecular formula is C25H26N4O2S. The average molecular weight is 447 g/mol. The van der Waals surface area contributed by atoms with Gasteiger partial charge in [-0.2, -0.15) is 0 Å². The number of urea groups is 1. The third-order valence-electron chi connectivity index (χ3n) is 5.29. The Hall–Kier alpha value is -3.32. The van der Waals surface area contributed by atoms with Gasteiger partial charge in [-0.15, -0.1) is 11.8 Å². The molecule has 164 valence electrons. The lowest BCUT2D eigenvalue weighted by Gasteiger charge is -2.30. The van der Waals surface area contributed by atoms with E-state index in [4.69, 9.17) is 0 Å². The summed E-state index contributed by atoms with van der Waals surface area (Å²) < 4.78 is 0. The molecule has 7 heteroatoms. The van der Waals surface area contributed by atoms with Gasteiger partial charge in [0.25, 0.3) is 5.91 Å². The van der Waals surface area contributed by atoms with E-state index < -0.39 is 0 Å². The molecule has 0 unspecified atom stereocenters. The Morgan fingerprint density at radius 2 is 1.81 bits per heavy atom. The minimum Gasteiger partial charge on any atom is -0.352 e. The number of hydrogen-bond donors (Lipinski definition) is 2. The van der Waals surface area contributed by atoms with E-state index >= 15 is 0 Å². The number of aryl methyl sites for hydroxylation is 2. The van der Waals surface area contributed by atoms with E-state index in [2.05, 4.69) is 15.6 Å². The molecule has 2 N–H and O–H groups in total. The van der Waals surface area contributed by atoms with Gasteiger partial charge in [-0.1, -0.05) is 30.3 Å². The predicted octanol–water partition coefficient (Wildman–Crippen LogP) is 4.82. The molecule has 0 radical (unpaired) electrons. The molecule has 3 amide bonds. The van der Waals surface area contributed by atoms with E-state index in [0.717, 1.165) is 34.1 Å². The van der Waals surface area contributed by atoms with Crippen molar-refractivity contribution >= 4 is 35.1 Å². The number of amides is 3. The molecule has 32 heavy (non-hydrogen) atoms. The number of benzene rings is 2. The quantitative estimate of drug-likeness (QED) is 0.590. The van der Waals surface area contributed by atoms with Crippen LogP contribution in [0.2, 0.25) is 0 Å². The molecule has 6 nitrogen and oxygen atoms in total. The fraction of sp³-hybridized carbons (Fsp3) is 0.240. The van der Waals surface area contributed by atoms with Crippen LogP contribution in [0.5, 0.6) is 0 Å². The maximum atomic E-state index is 13.0. The number of nitrogens with zero attached hydrogens (tertiary/aromatic N) is 2. The first-order chi connectivity index (χ1) is 15.5. The van der Waals surface area contributed by atoms with Crippen molar-refractivity contribution in [1.29, 1.82) is 0 Å². The number of hydrogen-bond acceptors (Lipinski definition) is 4. The maximum absolute atomic E-state index is 13.0. The third-order valence-corrected chi connectivity index (χ3v) is 6.23. The number of fused-ring (bicyclic) bond motifs is 1. The minimum absolute atomic E-state index is 0.127. The highest BCUT2D eigenvalue weighted by Crippen LogP contribution is 2.36. The molecular weight excluding hydrogens is 420 g/mol. The van der Waals surface area contributed by atoms with Crippen LogP contribution in [0.1, 0.15) is 27.2 Å². The summed E-state index contributed by atoms with van der Waals surface area (Å²) >= 11 is 1.68. The number of carbonyl (C=O) groups excluding carboxylic acids is 2. The number of anilines is 2. The van der Waals surface area contributed by atoms with Crippen molar-refractivity contribution in [2.24, 2.45) is 0 Å². The first kappa shape index (κ1) is 21.9. The molecule has 0 fully saturated rings. The van der Waals surface area contributed by atoms with Crippen molar-refractivity contribution in [2.45, 2.75) is 25.3 Å². The Balaban J connectivity index is 1.36. The lowest BCUT2D eigenvalue weighted by molar-refractivity contribution is 0.0954. The number of aromatic nitrogens is 1. The van der Waals surface area contributed by atoms with Crippen LogP contribution in [0.3, 0.4) is 0 Å². The smallest absolute Gasteiger partial charge is 0.326 e. The second-order valence-corrected chi connectivity index (χ2v) is 8.82. The van der Waals surface area contributed by atoms with Crippen molar-refractivity contribution in [2.75, 3.05) is 29.1 Å². The highest BCUT2D eigenvalue weighted by atomic mass is 32.2. The zero-order chi connectivity index (χ0) is 22.5. The van der Waals surface area contributed by atoms with Gasteiger partial charge in [0.15, 0.2) is 0 Å². The Morgan fingerprint density at radius 1 is 1.06 bits per heavy atom. The molecule has 2 aromatic carbocycles. The normalized spacial score (nSPS) is 12.8. The lowest BCUT2D eigenvalue weighted by Crippen LogP contribution is -2.39. The second-order valence-electron chi connectivity index (χ2n) is 7.73. The number of nitrogens with one attached hydrogen (secondary N) is 2. The van der Waals surface area contributed by atoms with Crippen LogP contribution < -0.4 is 15.5 Å². The fourth-order valence-corrected chi connectivity index (χ4v) is 4.82. The van der Waals surface area contributed by atoms with Gasteiger partial charge in [0, 0.05) is 35.8 Å². The van der Waals surface area contributed by atoms with Gasteiger partial charge in [-0.05, 0) is 61.7 Å². The van der Waals surface area contributed by atoms with Crippen LogP contribution in [-0.4, -0.2) is 35.8 Å². The molecule has 0 atom stereocenters. The summed E-state index contributed by atoms with van der Waals surface area (Å²) in [4.78, 5) is 31.7. The molecule has 0 bridgehead atoms. The van der Waals surface area contributed by atoms with Gasteiger partial charge in [0.2, 0.25) is 0 Å². The predicted molar refractivity (Wildman–Crippen MR) is 130 cm³/mol. The van der Waals surface area contributed by atoms with Crippen molar-refractivity contribution in [3.63, 3.8) is 0 Å². The van der Waals surface area contributed by atoms with E-state index in [-0.39, 0.29) is 11.9 Å². The minimum atomic E-state index is -0.194. The van der Waals surface area contributed by atoms with Crippen LogP contribution >= 0.6 is 11.8 Å². The molecule has 1 aliphatic heterocycles. The summed E-state index contributed by atoms with van der Waals surface area (Å²) in [5.74, 6) is 0.677. The first-order valence-electron chi connectivity index (χ1n) is 10.6. The largest absolute Gasteiger partial charge is 0.352 e. The standard InChI is InChI=1S/C25H26N4O2S/c1-17-16-18(2)27-24-22(17)29(14-15-32-24)25(31)28-21-10-8-20(9-11-21)23(30)26-13-12-19-6-4-3-5-7-19/h3-11,16H,12-15H2,1-2H3,(H,26,30)(H,28,31). The lowest BCUT2D eigenvalue weighted by atomic mass is 10.1. The van der Waals surface area contributed by atoms with Crippen LogP contribution in [0.4, 0.5) is 16.2 Å². The summed E-state index contributed by atoms with van der Waals surface area (Å²) in [7, 11) is 0. The summed E-state index contributed by atoms with van der Waals surface area (Å²) in [6.45, 7) is 5.16. The second kappa shape index (κ2) is 9.87. The molecule has 1 aromatic heterocycles. The number of carbonyl (C=O) groups is 2. The van der Waals surface area contributed by atoms with E-state index in [0.29, 0.717) is 24.3 Å². The average Bonchev–Trinajstić information content (AvgIpc) is 2.79. The molecule has 2 heterocycles. The van der Waals surface area contributed by atoms with Gasteiger partial charge >= 0.3 is 6.03 Å². The molecule has 3 aromatic rings. The van der Waals surface area contributed by atoms with Crippen molar-refractivity contribution in [1.82, 2.24) is 10.3 Å². The fourth-order valence-electron chi connectivity index (χ4n) is 3.74. The van der Waals surface area contributed by atoms with Crippen molar-refractivity contribution in [3.8, 4) is 0 Å². The van der Waals surface area contributed by atoms with Crippen LogP contribution in [-0.2, 0) is 6.42 Å². The summed E-state index contributed by atoms with van der Waals surface area (Å²) in [6.07, 6.45) is 0.782. The van der Waals surface area contributed by atoms with Gasteiger partial charge in [0.05, 0.1) is 5.69 Å². The topological polar surface area (TPSA) is 74.3 Å². The molecule has 0 aliphatic carbocycles. The highest BCUT2D eigenvalue weighted by molar-refractivity contribution is 7.99. The van der Waals surface area contributed by atoms with E-state index in [9.17, 15) is 9.59 Å². The van der Waals surface area contributed by atoms with Crippen molar-refractivity contribution < 1.29 is 9.59 Å². The highest BCUT2D eigenvalue weighted by Gasteiger charge is 2.26. The van der Waals surface area contributed by atoms with Crippen LogP contribution in [0.15, 0.2) is 65.7 Å². The molecule has 4 rings (SSSR count). The van der Waals surface area contributed by atoms with Gasteiger partial charge in [-0.3, -0.25) is 9.69 Å². The molecule has 1 aliphatic rings. The molecule has 0 saturated carbocycles. The van der Waals surface area contributed by atoms with E-state index in [1.807, 2.05) is 50.2 Å². The summed E-state index contributed by atoms with van der Waals surface area (Å²) in [5, 5.41) is 6.78. The maximum Gasteiger partial charge on any atom is 0.326 e. The zero-order valence-electron chi connectivity index (χ0n) is 18.2. The van der Waals surface area contributed by atoms with E-state index in [1.54, 1.807) is 40.9 Å². The van der Waals surface area contributed by atoms with Crippen LogP contribution in [0.25, 0.3) is 0 Å². The van der Waals surface area contributed by atoms with Crippen molar-refractivity contribution in [3.05, 3.63) is 83.0 Å². The van der Waals surface area contributed by atoms with Gasteiger partial charge in [0.1, 0.15) is 5.03 Å². The number of rotatable bonds is 5. The zero-order valence-corrected chi connectivity index (χ0v) is 19.0. The SMILES string of the molecule is Cc1cc(C)c2c(n1)SCCN2C(=O)Nc1ccc(C(=O)NCCc2ccccc2)cc1. The molecule has 0 saturated heterocycles. The Labute approximate surface area is 192 Å². The Morgan fingerprint density at radius 3 is 2.56 bits per heavy atom. The number of pyridine rings is 1. The van der Waals surface area contributed by atoms with Gasteiger partial charge < -0.3 is 10.6 Å². The number of thioether (sulfide) groups is 1. The van der Waals surface area contributed by atoms with Gasteiger partial charge in [-0.25, -0.2) is 9.78 Å². The van der Waals surface area contributed by atoms with Crippen LogP contribution in [0, 0.1) is 13.8 Å². The summed E-state index contributed by atoms with van der Waals surface area (Å²) in [6, 6.07) is 18.8. The monoisotopic (exact) mass is 446 g/mol. The van der Waals surface area contributed by atoms with E-state index in [1.165, 1.54) is 5.56 Å². The Kier molecular flexibility index (Phi) is 6.75. The summed E-state index contributed by atoms with van der Waals surface area (Å²) in [5.41, 5.74) is 5.26.